The minimum Gasteiger partial charge on any atom is -0.481 e. The normalized spacial score (nSPS) is 27.7. The number of carboxylic acids is 1. The van der Waals surface area contributed by atoms with Gasteiger partial charge in [0.05, 0.1) is 11.0 Å². The Hall–Kier alpha value is -3.13. The summed E-state index contributed by atoms with van der Waals surface area (Å²) in [4.78, 5) is 38.4. The van der Waals surface area contributed by atoms with E-state index in [0.717, 1.165) is 63.0 Å². The van der Waals surface area contributed by atoms with Gasteiger partial charge in [-0.2, -0.15) is 0 Å². The van der Waals surface area contributed by atoms with Crippen molar-refractivity contribution in [3.05, 3.63) is 53.3 Å². The summed E-state index contributed by atoms with van der Waals surface area (Å²) in [5.74, 6) is -0.808. The maximum absolute atomic E-state index is 13.1. The number of aromatic nitrogens is 1. The smallest absolute Gasteiger partial charge is 0.309 e. The van der Waals surface area contributed by atoms with Crippen LogP contribution in [0.1, 0.15) is 67.2 Å². The van der Waals surface area contributed by atoms with E-state index in [4.69, 9.17) is 0 Å². The van der Waals surface area contributed by atoms with E-state index in [2.05, 4.69) is 26.2 Å². The average molecular weight is 477 g/mol. The van der Waals surface area contributed by atoms with Gasteiger partial charge in [-0.05, 0) is 73.8 Å². The Balaban J connectivity index is 1.13. The molecule has 7 rings (SSSR count). The van der Waals surface area contributed by atoms with Crippen molar-refractivity contribution < 1.29 is 19.5 Å². The number of carbonyl (C=O) groups excluding carboxylic acids is 2. The number of carboxylic acid groups (broad SMARTS) is 1. The van der Waals surface area contributed by atoms with Gasteiger partial charge in [0.1, 0.15) is 5.69 Å². The molecule has 2 heterocycles. The number of benzene rings is 1. The number of hydrogen-bond donors (Lipinski definition) is 3. The van der Waals surface area contributed by atoms with Gasteiger partial charge < -0.3 is 20.3 Å². The highest BCUT2D eigenvalue weighted by molar-refractivity contribution is 5.93. The molecule has 1 aromatic carbocycles. The first-order chi connectivity index (χ1) is 16.7. The highest BCUT2D eigenvalue weighted by Crippen LogP contribution is 2.74. The highest BCUT2D eigenvalue weighted by Gasteiger charge is 2.72. The van der Waals surface area contributed by atoms with Gasteiger partial charge in [0.2, 0.25) is 5.91 Å². The molecule has 4 fully saturated rings. The molecule has 0 saturated heterocycles. The van der Waals surface area contributed by atoms with Crippen molar-refractivity contribution in [2.24, 2.45) is 10.8 Å². The van der Waals surface area contributed by atoms with Crippen molar-refractivity contribution in [1.82, 2.24) is 14.8 Å². The molecule has 2 bridgehead atoms. The molecule has 1 spiro atoms. The largest absolute Gasteiger partial charge is 0.481 e. The number of hydrogen-bond acceptors (Lipinski definition) is 4. The standard InChI is InChI=1S/C27H32N4O4/c1-18(32)29-20-5-3-19(4-6-20)13-28-23(33)21-7-8-22-27(9-2-10-27)30(11-12-31(21)22)17-25-14-26(15-25,16-25)24(34)35/h3-8H,2,9-17H2,1H3,(H,28,33)(H,29,32)(H,34,35). The number of nitrogens with one attached hydrogen (secondary N) is 2. The SMILES string of the molecule is CC(=O)Nc1ccc(CNC(=O)c2ccc3n2CCN(CC24CC(C(=O)O)(C2)C4)C32CCC2)cc1. The fourth-order valence-electron chi connectivity index (χ4n) is 7.20. The van der Waals surface area contributed by atoms with E-state index >= 15 is 0 Å². The predicted molar refractivity (Wildman–Crippen MR) is 130 cm³/mol. The molecule has 184 valence electrons. The monoisotopic (exact) mass is 476 g/mol. The summed E-state index contributed by atoms with van der Waals surface area (Å²) in [6.07, 6.45) is 5.84. The number of aliphatic carboxylic acids is 1. The van der Waals surface area contributed by atoms with Crippen molar-refractivity contribution in [1.29, 1.82) is 0 Å². The summed E-state index contributed by atoms with van der Waals surface area (Å²) in [5, 5.41) is 15.3. The molecule has 4 aliphatic carbocycles. The first-order valence-corrected chi connectivity index (χ1v) is 12.6. The van der Waals surface area contributed by atoms with Crippen molar-refractivity contribution in [2.75, 3.05) is 18.4 Å². The molecule has 2 amide bonds. The Morgan fingerprint density at radius 1 is 1.00 bits per heavy atom. The third-order valence-corrected chi connectivity index (χ3v) is 8.92. The van der Waals surface area contributed by atoms with E-state index in [1.165, 1.54) is 19.0 Å². The Labute approximate surface area is 204 Å². The average Bonchev–Trinajstić information content (AvgIpc) is 3.16. The van der Waals surface area contributed by atoms with Gasteiger partial charge in [-0.25, -0.2) is 0 Å². The summed E-state index contributed by atoms with van der Waals surface area (Å²) >= 11 is 0. The molecule has 0 unspecified atom stereocenters. The summed E-state index contributed by atoms with van der Waals surface area (Å²) in [5.41, 5.74) is 3.39. The van der Waals surface area contributed by atoms with Crippen LogP contribution in [0.3, 0.4) is 0 Å². The molecule has 8 heteroatoms. The second-order valence-electron chi connectivity index (χ2n) is 11.2. The first kappa shape index (κ1) is 22.3. The van der Waals surface area contributed by atoms with E-state index in [-0.39, 0.29) is 22.8 Å². The lowest BCUT2D eigenvalue weighted by Gasteiger charge is -2.70. The number of fused-ring (bicyclic) bond motifs is 2. The molecule has 8 nitrogen and oxygen atoms in total. The summed E-state index contributed by atoms with van der Waals surface area (Å²) in [6.45, 7) is 4.55. The highest BCUT2D eigenvalue weighted by atomic mass is 16.4. The van der Waals surface area contributed by atoms with Crippen LogP contribution in [-0.4, -0.2) is 45.4 Å². The molecule has 1 aliphatic heterocycles. The topological polar surface area (TPSA) is 104 Å². The minimum absolute atomic E-state index is 0.0118. The molecule has 4 saturated carbocycles. The number of nitrogens with zero attached hydrogens (tertiary/aromatic N) is 2. The molecule has 1 aromatic heterocycles. The van der Waals surface area contributed by atoms with E-state index in [0.29, 0.717) is 12.2 Å². The molecule has 0 radical (unpaired) electrons. The van der Waals surface area contributed by atoms with Crippen LogP contribution in [0, 0.1) is 10.8 Å². The van der Waals surface area contributed by atoms with Crippen LogP contribution in [0.25, 0.3) is 0 Å². The van der Waals surface area contributed by atoms with Gasteiger partial charge >= 0.3 is 5.97 Å². The number of carbonyl (C=O) groups is 3. The van der Waals surface area contributed by atoms with Gasteiger partial charge in [0, 0.05) is 44.5 Å². The summed E-state index contributed by atoms with van der Waals surface area (Å²) in [7, 11) is 0. The van der Waals surface area contributed by atoms with Crippen LogP contribution in [0.5, 0.6) is 0 Å². The zero-order valence-corrected chi connectivity index (χ0v) is 20.1. The van der Waals surface area contributed by atoms with E-state index < -0.39 is 11.4 Å². The summed E-state index contributed by atoms with van der Waals surface area (Å²) in [6, 6.07) is 11.6. The van der Waals surface area contributed by atoms with Crippen LogP contribution in [0.4, 0.5) is 5.69 Å². The Morgan fingerprint density at radius 2 is 1.71 bits per heavy atom. The van der Waals surface area contributed by atoms with E-state index in [9.17, 15) is 19.5 Å². The third kappa shape index (κ3) is 3.41. The van der Waals surface area contributed by atoms with Gasteiger partial charge in [0.15, 0.2) is 0 Å². The molecule has 5 aliphatic rings. The Bertz CT molecular complexity index is 1190. The van der Waals surface area contributed by atoms with Crippen LogP contribution in [0.2, 0.25) is 0 Å². The van der Waals surface area contributed by atoms with Crippen molar-refractivity contribution in [3.63, 3.8) is 0 Å². The van der Waals surface area contributed by atoms with E-state index in [1.807, 2.05) is 30.3 Å². The Morgan fingerprint density at radius 3 is 2.31 bits per heavy atom. The fourth-order valence-corrected chi connectivity index (χ4v) is 7.20. The summed E-state index contributed by atoms with van der Waals surface area (Å²) < 4.78 is 2.20. The van der Waals surface area contributed by atoms with Crippen molar-refractivity contribution in [2.45, 2.75) is 64.1 Å². The lowest BCUT2D eigenvalue weighted by atomic mass is 9.35. The van der Waals surface area contributed by atoms with Gasteiger partial charge in [0.25, 0.3) is 5.91 Å². The minimum atomic E-state index is -0.621. The third-order valence-electron chi connectivity index (χ3n) is 8.92. The van der Waals surface area contributed by atoms with Crippen LogP contribution in [0.15, 0.2) is 36.4 Å². The number of amides is 2. The van der Waals surface area contributed by atoms with Crippen LogP contribution in [-0.2, 0) is 28.2 Å². The molecule has 35 heavy (non-hydrogen) atoms. The Kier molecular flexibility index (Phi) is 4.90. The van der Waals surface area contributed by atoms with Gasteiger partial charge in [-0.3, -0.25) is 19.3 Å². The molecule has 3 N–H and O–H groups in total. The van der Waals surface area contributed by atoms with Gasteiger partial charge in [-0.15, -0.1) is 0 Å². The fraction of sp³-hybridized carbons (Fsp3) is 0.519. The second kappa shape index (κ2) is 7.68. The number of anilines is 1. The van der Waals surface area contributed by atoms with E-state index in [1.54, 1.807) is 0 Å². The quantitative estimate of drug-likeness (QED) is 0.569. The lowest BCUT2D eigenvalue weighted by molar-refractivity contribution is -0.236. The van der Waals surface area contributed by atoms with Gasteiger partial charge in [-0.1, -0.05) is 12.1 Å². The molecular formula is C27H32N4O4. The maximum Gasteiger partial charge on any atom is 0.309 e. The predicted octanol–water partition coefficient (Wildman–Crippen LogP) is 3.33. The lowest BCUT2D eigenvalue weighted by Crippen LogP contribution is -2.71. The molecular weight excluding hydrogens is 444 g/mol. The van der Waals surface area contributed by atoms with Crippen LogP contribution >= 0.6 is 0 Å². The van der Waals surface area contributed by atoms with Crippen molar-refractivity contribution in [3.8, 4) is 0 Å². The zero-order valence-electron chi connectivity index (χ0n) is 20.1. The van der Waals surface area contributed by atoms with Crippen molar-refractivity contribution >= 4 is 23.5 Å². The first-order valence-electron chi connectivity index (χ1n) is 12.6. The zero-order chi connectivity index (χ0) is 24.4. The molecule has 2 aromatic rings. The maximum atomic E-state index is 13.1. The van der Waals surface area contributed by atoms with Crippen LogP contribution < -0.4 is 10.6 Å². The number of rotatable bonds is 7. The molecule has 0 atom stereocenters. The second-order valence-corrected chi connectivity index (χ2v) is 11.2.